The minimum atomic E-state index is -0.972. The molecule has 0 amide bonds. The SMILES string of the molecule is CNC(C)(C#N)COc1ccc([N+](=O)[O-])c(F)c1. The molecule has 1 rings (SSSR count). The van der Waals surface area contributed by atoms with E-state index in [-0.39, 0.29) is 12.4 Å². The van der Waals surface area contributed by atoms with Gasteiger partial charge in [-0.05, 0) is 20.0 Å². The molecular weight excluding hydrogens is 241 g/mol. The Morgan fingerprint density at radius 3 is 2.78 bits per heavy atom. The minimum Gasteiger partial charge on any atom is -0.490 e. The smallest absolute Gasteiger partial charge is 0.305 e. The van der Waals surface area contributed by atoms with Gasteiger partial charge in [-0.3, -0.25) is 15.4 Å². The Balaban J connectivity index is 2.79. The van der Waals surface area contributed by atoms with Crippen molar-refractivity contribution in [1.82, 2.24) is 5.32 Å². The molecule has 0 aliphatic rings. The van der Waals surface area contributed by atoms with Crippen molar-refractivity contribution >= 4 is 5.69 Å². The first-order chi connectivity index (χ1) is 8.41. The summed E-state index contributed by atoms with van der Waals surface area (Å²) < 4.78 is 18.5. The molecule has 1 aromatic carbocycles. The number of nitrogens with zero attached hydrogens (tertiary/aromatic N) is 2. The normalized spacial score (nSPS) is 13.4. The number of nitro groups is 1. The van der Waals surface area contributed by atoms with Crippen LogP contribution in [0.4, 0.5) is 10.1 Å². The summed E-state index contributed by atoms with van der Waals surface area (Å²) in [5, 5.41) is 22.0. The van der Waals surface area contributed by atoms with E-state index in [9.17, 15) is 14.5 Å². The molecule has 0 fully saturated rings. The van der Waals surface area contributed by atoms with Crippen LogP contribution >= 0.6 is 0 Å². The predicted octanol–water partition coefficient (Wildman–Crippen LogP) is 1.61. The fraction of sp³-hybridized carbons (Fsp3) is 0.364. The van der Waals surface area contributed by atoms with Gasteiger partial charge in [0, 0.05) is 12.1 Å². The van der Waals surface area contributed by atoms with Gasteiger partial charge in [-0.15, -0.1) is 0 Å². The quantitative estimate of drug-likeness (QED) is 0.636. The van der Waals surface area contributed by atoms with Gasteiger partial charge in [-0.2, -0.15) is 9.65 Å². The van der Waals surface area contributed by atoms with Crippen LogP contribution in [0.2, 0.25) is 0 Å². The van der Waals surface area contributed by atoms with Crippen LogP contribution in [0, 0.1) is 27.3 Å². The molecule has 96 valence electrons. The third-order valence-corrected chi connectivity index (χ3v) is 2.44. The van der Waals surface area contributed by atoms with Crippen LogP contribution in [0.25, 0.3) is 0 Å². The Morgan fingerprint density at radius 2 is 2.33 bits per heavy atom. The Kier molecular flexibility index (Phi) is 4.18. The summed E-state index contributed by atoms with van der Waals surface area (Å²) in [5.41, 5.74) is -1.52. The molecule has 18 heavy (non-hydrogen) atoms. The number of halogens is 1. The van der Waals surface area contributed by atoms with Crippen LogP contribution in [-0.2, 0) is 0 Å². The molecule has 0 radical (unpaired) electrons. The lowest BCUT2D eigenvalue weighted by molar-refractivity contribution is -0.387. The summed E-state index contributed by atoms with van der Waals surface area (Å²) in [6, 6.07) is 5.23. The fourth-order valence-corrected chi connectivity index (χ4v) is 1.11. The molecule has 1 atom stereocenters. The van der Waals surface area contributed by atoms with E-state index in [1.165, 1.54) is 6.07 Å². The van der Waals surface area contributed by atoms with Gasteiger partial charge in [0.15, 0.2) is 0 Å². The lowest BCUT2D eigenvalue weighted by Gasteiger charge is -2.20. The molecule has 7 heteroatoms. The summed E-state index contributed by atoms with van der Waals surface area (Å²) >= 11 is 0. The first-order valence-electron chi connectivity index (χ1n) is 5.09. The fourth-order valence-electron chi connectivity index (χ4n) is 1.11. The Morgan fingerprint density at radius 1 is 1.67 bits per heavy atom. The van der Waals surface area contributed by atoms with Crippen molar-refractivity contribution in [3.05, 3.63) is 34.1 Å². The average Bonchev–Trinajstić information content (AvgIpc) is 2.35. The second kappa shape index (κ2) is 5.42. The molecule has 6 nitrogen and oxygen atoms in total. The standard InChI is InChI=1S/C11H12FN3O3/c1-11(6-13,14-2)7-18-8-3-4-10(15(16)17)9(12)5-8/h3-5,14H,7H2,1-2H3. The number of nitro benzene ring substituents is 1. The number of ether oxygens (including phenoxy) is 1. The molecule has 0 saturated carbocycles. The highest BCUT2D eigenvalue weighted by molar-refractivity contribution is 5.38. The molecule has 1 N–H and O–H groups in total. The van der Waals surface area contributed by atoms with Gasteiger partial charge in [0.05, 0.1) is 11.0 Å². The van der Waals surface area contributed by atoms with Gasteiger partial charge in [0.1, 0.15) is 17.9 Å². The van der Waals surface area contributed by atoms with Crippen molar-refractivity contribution in [2.24, 2.45) is 0 Å². The first kappa shape index (κ1) is 13.9. The van der Waals surface area contributed by atoms with Crippen molar-refractivity contribution < 1.29 is 14.1 Å². The zero-order valence-corrected chi connectivity index (χ0v) is 9.94. The van der Waals surface area contributed by atoms with Crippen LogP contribution in [0.1, 0.15) is 6.92 Å². The van der Waals surface area contributed by atoms with E-state index in [1.54, 1.807) is 14.0 Å². The summed E-state index contributed by atoms with van der Waals surface area (Å²) in [6.07, 6.45) is 0. The highest BCUT2D eigenvalue weighted by Gasteiger charge is 2.22. The molecule has 0 saturated heterocycles. The van der Waals surface area contributed by atoms with Crippen LogP contribution in [0.3, 0.4) is 0 Å². The van der Waals surface area contributed by atoms with Crippen LogP contribution in [-0.4, -0.2) is 24.1 Å². The third-order valence-electron chi connectivity index (χ3n) is 2.44. The van der Waals surface area contributed by atoms with Crippen molar-refractivity contribution in [2.75, 3.05) is 13.7 Å². The number of rotatable bonds is 5. The second-order valence-corrected chi connectivity index (χ2v) is 3.85. The van der Waals surface area contributed by atoms with Crippen LogP contribution < -0.4 is 10.1 Å². The Labute approximate surface area is 103 Å². The van der Waals surface area contributed by atoms with Gasteiger partial charge >= 0.3 is 5.69 Å². The number of benzene rings is 1. The maximum atomic E-state index is 13.3. The van der Waals surface area contributed by atoms with Crippen molar-refractivity contribution in [2.45, 2.75) is 12.5 Å². The monoisotopic (exact) mass is 253 g/mol. The van der Waals surface area contributed by atoms with Gasteiger partial charge in [0.2, 0.25) is 5.82 Å². The Hall–Kier alpha value is -2.20. The minimum absolute atomic E-state index is 0.00273. The van der Waals surface area contributed by atoms with Crippen LogP contribution in [0.15, 0.2) is 18.2 Å². The average molecular weight is 253 g/mol. The number of hydrogen-bond donors (Lipinski definition) is 1. The highest BCUT2D eigenvalue weighted by Crippen LogP contribution is 2.22. The maximum Gasteiger partial charge on any atom is 0.305 e. The molecule has 1 aromatic rings. The van der Waals surface area contributed by atoms with Crippen molar-refractivity contribution in [3.63, 3.8) is 0 Å². The number of nitriles is 1. The Bertz CT molecular complexity index is 501. The van der Waals surface area contributed by atoms with E-state index < -0.39 is 22.0 Å². The van der Waals surface area contributed by atoms with E-state index in [4.69, 9.17) is 10.00 Å². The molecule has 1 unspecified atom stereocenters. The molecular formula is C11H12FN3O3. The van der Waals surface area contributed by atoms with Gasteiger partial charge < -0.3 is 4.74 Å². The summed E-state index contributed by atoms with van der Waals surface area (Å²) in [5.74, 6) is -0.838. The van der Waals surface area contributed by atoms with Gasteiger partial charge in [-0.25, -0.2) is 0 Å². The van der Waals surface area contributed by atoms with E-state index >= 15 is 0 Å². The van der Waals surface area contributed by atoms with E-state index in [0.717, 1.165) is 12.1 Å². The number of likely N-dealkylation sites (N-methyl/N-ethyl adjacent to an activating group) is 1. The van der Waals surface area contributed by atoms with Gasteiger partial charge in [-0.1, -0.05) is 0 Å². The second-order valence-electron chi connectivity index (χ2n) is 3.85. The predicted molar refractivity (Wildman–Crippen MR) is 61.6 cm³/mol. The molecule has 0 aliphatic carbocycles. The summed E-state index contributed by atoms with van der Waals surface area (Å²) in [6.45, 7) is 1.62. The third kappa shape index (κ3) is 3.15. The topological polar surface area (TPSA) is 88.2 Å². The molecule has 0 bridgehead atoms. The van der Waals surface area contributed by atoms with E-state index in [0.29, 0.717) is 0 Å². The first-order valence-corrected chi connectivity index (χ1v) is 5.09. The van der Waals surface area contributed by atoms with E-state index in [2.05, 4.69) is 5.32 Å². The lowest BCUT2D eigenvalue weighted by Crippen LogP contribution is -2.43. The molecule has 0 spiro atoms. The van der Waals surface area contributed by atoms with E-state index in [1.807, 2.05) is 6.07 Å². The summed E-state index contributed by atoms with van der Waals surface area (Å²) in [4.78, 5) is 9.60. The van der Waals surface area contributed by atoms with Gasteiger partial charge in [0.25, 0.3) is 0 Å². The van der Waals surface area contributed by atoms with Crippen molar-refractivity contribution in [1.29, 1.82) is 5.26 Å². The molecule has 0 aromatic heterocycles. The largest absolute Gasteiger partial charge is 0.490 e. The molecule has 0 aliphatic heterocycles. The maximum absolute atomic E-state index is 13.3. The number of hydrogen-bond acceptors (Lipinski definition) is 5. The van der Waals surface area contributed by atoms with Crippen LogP contribution in [0.5, 0.6) is 5.75 Å². The zero-order valence-electron chi connectivity index (χ0n) is 9.94. The number of nitrogens with one attached hydrogen (secondary N) is 1. The summed E-state index contributed by atoms with van der Waals surface area (Å²) in [7, 11) is 1.60. The lowest BCUT2D eigenvalue weighted by atomic mass is 10.1. The highest BCUT2D eigenvalue weighted by atomic mass is 19.1. The van der Waals surface area contributed by atoms with Crippen molar-refractivity contribution in [3.8, 4) is 11.8 Å². The zero-order chi connectivity index (χ0) is 13.8. The molecule has 0 heterocycles.